The summed E-state index contributed by atoms with van der Waals surface area (Å²) >= 11 is 0. The molecule has 4 amide bonds. The van der Waals surface area contributed by atoms with E-state index in [1.165, 1.54) is 6.08 Å². The number of urea groups is 1. The normalized spacial score (nSPS) is 16.7. The fourth-order valence-corrected chi connectivity index (χ4v) is 2.43. The van der Waals surface area contributed by atoms with Gasteiger partial charge in [-0.05, 0) is 62.2 Å². The number of carbonyl (C=O) groups excluding carboxylic acids is 3. The van der Waals surface area contributed by atoms with Crippen LogP contribution < -0.4 is 10.2 Å². The predicted molar refractivity (Wildman–Crippen MR) is 88.4 cm³/mol. The van der Waals surface area contributed by atoms with Crippen LogP contribution in [0.5, 0.6) is 0 Å². The number of barbiturate groups is 1. The molecule has 0 spiro atoms. The SMILES string of the molecule is Cc1ccc(C=C2C(=O)NC(=O)N(c3ccc(C)c(C)c3)C2=O)o1. The van der Waals surface area contributed by atoms with Crippen molar-refractivity contribution in [2.24, 2.45) is 0 Å². The second kappa shape index (κ2) is 5.81. The summed E-state index contributed by atoms with van der Waals surface area (Å²) in [5, 5.41) is 2.19. The summed E-state index contributed by atoms with van der Waals surface area (Å²) in [5.41, 5.74) is 2.25. The molecule has 2 aromatic rings. The average molecular weight is 324 g/mol. The summed E-state index contributed by atoms with van der Waals surface area (Å²) in [6, 6.07) is 7.84. The summed E-state index contributed by atoms with van der Waals surface area (Å²) in [7, 11) is 0. The number of furan rings is 1. The molecule has 0 aliphatic carbocycles. The quantitative estimate of drug-likeness (QED) is 0.680. The molecule has 1 aromatic heterocycles. The summed E-state index contributed by atoms with van der Waals surface area (Å²) in [6.07, 6.45) is 1.34. The first-order valence-corrected chi connectivity index (χ1v) is 7.42. The number of nitrogens with zero attached hydrogens (tertiary/aromatic N) is 1. The van der Waals surface area contributed by atoms with Crippen molar-refractivity contribution in [2.45, 2.75) is 20.8 Å². The minimum atomic E-state index is -0.763. The van der Waals surface area contributed by atoms with E-state index in [0.29, 0.717) is 17.2 Å². The Bertz CT molecular complexity index is 892. The van der Waals surface area contributed by atoms with E-state index in [0.717, 1.165) is 16.0 Å². The lowest BCUT2D eigenvalue weighted by molar-refractivity contribution is -0.122. The zero-order valence-corrected chi connectivity index (χ0v) is 13.5. The number of hydrogen-bond donors (Lipinski definition) is 1. The highest BCUT2D eigenvalue weighted by Gasteiger charge is 2.37. The second-order valence-corrected chi connectivity index (χ2v) is 5.67. The third-order valence-corrected chi connectivity index (χ3v) is 3.90. The van der Waals surface area contributed by atoms with Gasteiger partial charge in [0, 0.05) is 0 Å². The van der Waals surface area contributed by atoms with Crippen molar-refractivity contribution >= 4 is 29.6 Å². The number of carbonyl (C=O) groups is 3. The van der Waals surface area contributed by atoms with E-state index in [1.54, 1.807) is 31.2 Å². The van der Waals surface area contributed by atoms with Gasteiger partial charge in [0.05, 0.1) is 5.69 Å². The van der Waals surface area contributed by atoms with Gasteiger partial charge < -0.3 is 4.42 Å². The molecule has 24 heavy (non-hydrogen) atoms. The molecule has 0 bridgehead atoms. The highest BCUT2D eigenvalue weighted by Crippen LogP contribution is 2.24. The van der Waals surface area contributed by atoms with Crippen molar-refractivity contribution in [3.8, 4) is 0 Å². The Kier molecular flexibility index (Phi) is 3.81. The van der Waals surface area contributed by atoms with Crippen molar-refractivity contribution in [3.63, 3.8) is 0 Å². The molecule has 0 unspecified atom stereocenters. The van der Waals surface area contributed by atoms with Crippen LogP contribution in [0.1, 0.15) is 22.6 Å². The molecule has 1 aromatic carbocycles. The van der Waals surface area contributed by atoms with Gasteiger partial charge in [0.2, 0.25) is 0 Å². The van der Waals surface area contributed by atoms with Crippen molar-refractivity contribution in [2.75, 3.05) is 4.90 Å². The molecule has 0 atom stereocenters. The van der Waals surface area contributed by atoms with Gasteiger partial charge in [-0.1, -0.05) is 6.07 Å². The van der Waals surface area contributed by atoms with Gasteiger partial charge in [0.15, 0.2) is 0 Å². The Morgan fingerprint density at radius 3 is 2.38 bits per heavy atom. The third-order valence-electron chi connectivity index (χ3n) is 3.90. The van der Waals surface area contributed by atoms with E-state index >= 15 is 0 Å². The first-order chi connectivity index (χ1) is 11.4. The monoisotopic (exact) mass is 324 g/mol. The molecular weight excluding hydrogens is 308 g/mol. The molecule has 1 aliphatic rings. The highest BCUT2D eigenvalue weighted by atomic mass is 16.3. The molecule has 1 fully saturated rings. The molecule has 3 rings (SSSR count). The van der Waals surface area contributed by atoms with Gasteiger partial charge in [-0.3, -0.25) is 14.9 Å². The van der Waals surface area contributed by atoms with Gasteiger partial charge in [-0.15, -0.1) is 0 Å². The molecule has 1 saturated heterocycles. The number of anilines is 1. The predicted octanol–water partition coefficient (Wildman–Crippen LogP) is 2.87. The van der Waals surface area contributed by atoms with E-state index < -0.39 is 17.8 Å². The first kappa shape index (κ1) is 15.7. The van der Waals surface area contributed by atoms with Gasteiger partial charge in [0.25, 0.3) is 11.8 Å². The van der Waals surface area contributed by atoms with E-state index in [2.05, 4.69) is 5.32 Å². The van der Waals surface area contributed by atoms with Crippen LogP contribution >= 0.6 is 0 Å². The highest BCUT2D eigenvalue weighted by molar-refractivity contribution is 6.39. The van der Waals surface area contributed by atoms with Crippen LogP contribution in [0, 0.1) is 20.8 Å². The fourth-order valence-electron chi connectivity index (χ4n) is 2.43. The molecule has 0 radical (unpaired) electrons. The van der Waals surface area contributed by atoms with Crippen LogP contribution in [0.4, 0.5) is 10.5 Å². The number of nitrogens with one attached hydrogen (secondary N) is 1. The largest absolute Gasteiger partial charge is 0.462 e. The summed E-state index contributed by atoms with van der Waals surface area (Å²) < 4.78 is 5.37. The Morgan fingerprint density at radius 1 is 1.00 bits per heavy atom. The second-order valence-electron chi connectivity index (χ2n) is 5.67. The first-order valence-electron chi connectivity index (χ1n) is 7.42. The maximum Gasteiger partial charge on any atom is 0.335 e. The number of hydrogen-bond acceptors (Lipinski definition) is 4. The van der Waals surface area contributed by atoms with E-state index in [1.807, 2.05) is 19.9 Å². The molecule has 6 nitrogen and oxygen atoms in total. The molecule has 2 heterocycles. The van der Waals surface area contributed by atoms with Crippen LogP contribution in [-0.4, -0.2) is 17.8 Å². The summed E-state index contributed by atoms with van der Waals surface area (Å²) in [6.45, 7) is 5.58. The Morgan fingerprint density at radius 2 is 1.75 bits per heavy atom. The van der Waals surface area contributed by atoms with Crippen LogP contribution in [-0.2, 0) is 9.59 Å². The molecule has 0 saturated carbocycles. The van der Waals surface area contributed by atoms with Crippen LogP contribution in [0.3, 0.4) is 0 Å². The molecule has 1 N–H and O–H groups in total. The standard InChI is InChI=1S/C18H16N2O4/c1-10-4-6-13(8-11(10)2)20-17(22)15(16(21)19-18(20)23)9-14-7-5-12(3)24-14/h4-9H,1-3H3,(H,19,21,23). The average Bonchev–Trinajstić information content (AvgIpc) is 2.92. The Balaban J connectivity index is 2.02. The van der Waals surface area contributed by atoms with Crippen molar-refractivity contribution in [1.29, 1.82) is 0 Å². The Hall–Kier alpha value is -3.15. The van der Waals surface area contributed by atoms with E-state index in [9.17, 15) is 14.4 Å². The zero-order valence-electron chi connectivity index (χ0n) is 13.5. The van der Waals surface area contributed by atoms with Gasteiger partial charge in [0.1, 0.15) is 17.1 Å². The van der Waals surface area contributed by atoms with Crippen molar-refractivity contribution in [3.05, 3.63) is 58.6 Å². The smallest absolute Gasteiger partial charge is 0.335 e. The van der Waals surface area contributed by atoms with Crippen molar-refractivity contribution in [1.82, 2.24) is 5.32 Å². The van der Waals surface area contributed by atoms with Gasteiger partial charge in [-0.25, -0.2) is 9.69 Å². The van der Waals surface area contributed by atoms with Crippen LogP contribution in [0.25, 0.3) is 6.08 Å². The van der Waals surface area contributed by atoms with Gasteiger partial charge >= 0.3 is 6.03 Å². The number of amides is 4. The lowest BCUT2D eigenvalue weighted by Gasteiger charge is -2.26. The summed E-state index contributed by atoms with van der Waals surface area (Å²) in [4.78, 5) is 37.8. The van der Waals surface area contributed by atoms with E-state index in [4.69, 9.17) is 4.42 Å². The molecule has 122 valence electrons. The minimum Gasteiger partial charge on any atom is -0.462 e. The fraction of sp³-hybridized carbons (Fsp3) is 0.167. The third kappa shape index (κ3) is 2.74. The number of imide groups is 2. The number of benzene rings is 1. The summed E-state index contributed by atoms with van der Waals surface area (Å²) in [5.74, 6) is -0.381. The van der Waals surface area contributed by atoms with Crippen LogP contribution in [0.2, 0.25) is 0 Å². The Labute approximate surface area is 138 Å². The zero-order chi connectivity index (χ0) is 17.4. The van der Waals surface area contributed by atoms with Gasteiger partial charge in [-0.2, -0.15) is 0 Å². The topological polar surface area (TPSA) is 79.6 Å². The maximum atomic E-state index is 12.7. The van der Waals surface area contributed by atoms with Crippen LogP contribution in [0.15, 0.2) is 40.3 Å². The lowest BCUT2D eigenvalue weighted by atomic mass is 10.1. The maximum absolute atomic E-state index is 12.7. The van der Waals surface area contributed by atoms with Crippen molar-refractivity contribution < 1.29 is 18.8 Å². The molecular formula is C18H16N2O4. The van der Waals surface area contributed by atoms with E-state index in [-0.39, 0.29) is 5.57 Å². The lowest BCUT2D eigenvalue weighted by Crippen LogP contribution is -2.54. The number of aryl methyl sites for hydroxylation is 3. The minimum absolute atomic E-state index is 0.151. The molecule has 1 aliphatic heterocycles. The number of rotatable bonds is 2. The molecule has 6 heteroatoms.